The number of rotatable bonds is 4. The van der Waals surface area contributed by atoms with Gasteiger partial charge in [0.25, 0.3) is 0 Å². The van der Waals surface area contributed by atoms with Gasteiger partial charge in [-0.25, -0.2) is 0 Å². The lowest BCUT2D eigenvalue weighted by Gasteiger charge is -2.13. The van der Waals surface area contributed by atoms with Gasteiger partial charge in [0.1, 0.15) is 17.2 Å². The lowest BCUT2D eigenvalue weighted by Crippen LogP contribution is -2.19. The predicted molar refractivity (Wildman–Crippen MR) is 76.0 cm³/mol. The zero-order valence-corrected chi connectivity index (χ0v) is 13.0. The number of hydrogen-bond donors (Lipinski definition) is 1. The molecule has 2 rings (SSSR count). The summed E-state index contributed by atoms with van der Waals surface area (Å²) in [5.74, 6) is -1.54. The van der Waals surface area contributed by atoms with Crippen molar-refractivity contribution in [1.29, 1.82) is 0 Å². The zero-order chi connectivity index (χ0) is 19.5. The molecule has 0 atom stereocenters. The second kappa shape index (κ2) is 7.34. The number of alkyl halides is 6. The summed E-state index contributed by atoms with van der Waals surface area (Å²) in [7, 11) is 0. The van der Waals surface area contributed by atoms with Crippen molar-refractivity contribution in [3.05, 3.63) is 35.2 Å². The number of benzene rings is 1. The van der Waals surface area contributed by atoms with Crippen LogP contribution in [0.25, 0.3) is 0 Å². The Morgan fingerprint density at radius 2 is 1.77 bits per heavy atom. The van der Waals surface area contributed by atoms with Gasteiger partial charge in [-0.1, -0.05) is 0 Å². The van der Waals surface area contributed by atoms with Crippen LogP contribution in [0.3, 0.4) is 0 Å². The number of hydrogen-bond acceptors (Lipinski definition) is 5. The highest BCUT2D eigenvalue weighted by molar-refractivity contribution is 5.96. The second-order valence-electron chi connectivity index (χ2n) is 5.36. The molecule has 1 aliphatic rings. The summed E-state index contributed by atoms with van der Waals surface area (Å²) >= 11 is 0. The van der Waals surface area contributed by atoms with E-state index in [-0.39, 0.29) is 18.6 Å². The molecule has 0 aliphatic heterocycles. The van der Waals surface area contributed by atoms with Gasteiger partial charge in [0.05, 0.1) is 5.56 Å². The molecule has 0 amide bonds. The van der Waals surface area contributed by atoms with Gasteiger partial charge >= 0.3 is 12.4 Å². The fraction of sp³-hybridized carbons (Fsp3) is 0.400. The van der Waals surface area contributed by atoms with Gasteiger partial charge in [-0.3, -0.25) is 4.79 Å². The number of nitrogens with zero attached hydrogens (tertiary/aromatic N) is 2. The summed E-state index contributed by atoms with van der Waals surface area (Å²) in [6.45, 7) is -1.74. The van der Waals surface area contributed by atoms with E-state index in [0.29, 0.717) is 24.6 Å². The molecular formula is C15H12F6N2O3. The molecule has 0 bridgehead atoms. The lowest BCUT2D eigenvalue weighted by atomic mass is 10.0. The van der Waals surface area contributed by atoms with Crippen LogP contribution >= 0.6 is 0 Å². The number of carbonyl (C=O) groups is 1. The van der Waals surface area contributed by atoms with Crippen LogP contribution in [0, 0.1) is 0 Å². The van der Waals surface area contributed by atoms with Crippen molar-refractivity contribution in [2.45, 2.75) is 31.6 Å². The lowest BCUT2D eigenvalue weighted by molar-refractivity contribution is -0.153. The van der Waals surface area contributed by atoms with E-state index in [4.69, 9.17) is 0 Å². The highest BCUT2D eigenvalue weighted by Gasteiger charge is 2.33. The van der Waals surface area contributed by atoms with Crippen LogP contribution in [0.2, 0.25) is 0 Å². The number of carbonyl (C=O) groups excluding carboxylic acids is 1. The number of azo groups is 1. The zero-order valence-electron chi connectivity index (χ0n) is 13.0. The Bertz CT molecular complexity index is 753. The van der Waals surface area contributed by atoms with Gasteiger partial charge in [0.2, 0.25) is 0 Å². The van der Waals surface area contributed by atoms with Gasteiger partial charge in [0.15, 0.2) is 18.1 Å². The third kappa shape index (κ3) is 5.20. The number of ether oxygens (including phenoxy) is 1. The molecule has 0 saturated heterocycles. The fourth-order valence-corrected chi connectivity index (χ4v) is 2.08. The first kappa shape index (κ1) is 19.7. The van der Waals surface area contributed by atoms with Gasteiger partial charge < -0.3 is 9.84 Å². The van der Waals surface area contributed by atoms with Crippen molar-refractivity contribution in [3.63, 3.8) is 0 Å². The van der Waals surface area contributed by atoms with E-state index < -0.39 is 47.4 Å². The third-order valence-corrected chi connectivity index (χ3v) is 3.29. The van der Waals surface area contributed by atoms with Crippen molar-refractivity contribution in [2.24, 2.45) is 10.2 Å². The number of aliphatic hydroxyl groups is 1. The third-order valence-electron chi connectivity index (χ3n) is 3.29. The van der Waals surface area contributed by atoms with Crippen LogP contribution in [-0.2, 0) is 11.0 Å². The van der Waals surface area contributed by atoms with E-state index in [2.05, 4.69) is 15.0 Å². The molecule has 1 N–H and O–H groups in total. The molecule has 0 radical (unpaired) electrons. The second-order valence-corrected chi connectivity index (χ2v) is 5.36. The molecule has 1 aromatic rings. The maximum Gasteiger partial charge on any atom is 0.422 e. The van der Waals surface area contributed by atoms with E-state index in [0.717, 1.165) is 0 Å². The van der Waals surface area contributed by atoms with E-state index in [1.165, 1.54) is 0 Å². The molecule has 26 heavy (non-hydrogen) atoms. The summed E-state index contributed by atoms with van der Waals surface area (Å²) < 4.78 is 79.7. The number of aliphatic hydroxyl groups excluding tert-OH is 1. The molecule has 11 heteroatoms. The van der Waals surface area contributed by atoms with Crippen LogP contribution in [-0.4, -0.2) is 23.7 Å². The van der Waals surface area contributed by atoms with Gasteiger partial charge in [-0.2, -0.15) is 26.3 Å². The monoisotopic (exact) mass is 382 g/mol. The maximum absolute atomic E-state index is 12.8. The Hall–Kier alpha value is -2.59. The first-order valence-corrected chi connectivity index (χ1v) is 7.25. The number of allylic oxidation sites excluding steroid dienone is 2. The SMILES string of the molecule is O=C1CCCC(O)=C1N=Nc1cc(C(F)(F)F)ccc1OCC(F)(F)F. The Kier molecular flexibility index (Phi) is 5.57. The Morgan fingerprint density at radius 3 is 2.35 bits per heavy atom. The maximum atomic E-state index is 12.8. The Morgan fingerprint density at radius 1 is 1.08 bits per heavy atom. The highest BCUT2D eigenvalue weighted by Crippen LogP contribution is 2.37. The molecule has 1 aliphatic carbocycles. The van der Waals surface area contributed by atoms with Crippen molar-refractivity contribution in [2.75, 3.05) is 6.61 Å². The summed E-state index contributed by atoms with van der Waals surface area (Å²) in [5.41, 5.74) is -2.27. The summed E-state index contributed by atoms with van der Waals surface area (Å²) in [6.07, 6.45) is -8.89. The minimum absolute atomic E-state index is 0.0679. The van der Waals surface area contributed by atoms with E-state index >= 15 is 0 Å². The van der Waals surface area contributed by atoms with Crippen molar-refractivity contribution >= 4 is 11.5 Å². The molecule has 1 aromatic carbocycles. The number of ketones is 1. The summed E-state index contributed by atoms with van der Waals surface area (Å²) in [6, 6.07) is 1.66. The van der Waals surface area contributed by atoms with Crippen molar-refractivity contribution in [1.82, 2.24) is 0 Å². The standard InChI is InChI=1S/C15H12F6N2O3/c16-14(17,18)7-26-12-5-4-8(15(19,20)21)6-9(12)22-23-13-10(24)2-1-3-11(13)25/h4-6,24H,1-3,7H2. The molecule has 0 aromatic heterocycles. The molecule has 0 saturated carbocycles. The largest absolute Gasteiger partial charge is 0.510 e. The molecule has 0 fully saturated rings. The van der Waals surface area contributed by atoms with Crippen molar-refractivity contribution in [3.8, 4) is 5.75 Å². The molecule has 0 heterocycles. The summed E-state index contributed by atoms with van der Waals surface area (Å²) in [5, 5.41) is 16.4. The van der Waals surface area contributed by atoms with Crippen LogP contribution in [0.4, 0.5) is 32.0 Å². The van der Waals surface area contributed by atoms with Crippen LogP contribution < -0.4 is 4.74 Å². The van der Waals surface area contributed by atoms with Crippen LogP contribution in [0.15, 0.2) is 39.9 Å². The van der Waals surface area contributed by atoms with E-state index in [9.17, 15) is 36.2 Å². The molecule has 0 spiro atoms. The quantitative estimate of drug-likeness (QED) is 0.571. The van der Waals surface area contributed by atoms with Gasteiger partial charge in [-0.15, -0.1) is 10.2 Å². The Labute approximate surface area is 143 Å². The molecule has 142 valence electrons. The molecular weight excluding hydrogens is 370 g/mol. The highest BCUT2D eigenvalue weighted by atomic mass is 19.4. The minimum atomic E-state index is -4.77. The topological polar surface area (TPSA) is 71.2 Å². The van der Waals surface area contributed by atoms with Crippen molar-refractivity contribution < 1.29 is 41.0 Å². The summed E-state index contributed by atoms with van der Waals surface area (Å²) in [4.78, 5) is 11.7. The normalized spacial score (nSPS) is 16.5. The first-order valence-electron chi connectivity index (χ1n) is 7.25. The average molecular weight is 382 g/mol. The van der Waals surface area contributed by atoms with Crippen LogP contribution in [0.5, 0.6) is 5.75 Å². The number of halogens is 6. The van der Waals surface area contributed by atoms with E-state index in [1.54, 1.807) is 0 Å². The fourth-order valence-electron chi connectivity index (χ4n) is 2.08. The average Bonchev–Trinajstić information content (AvgIpc) is 2.51. The van der Waals surface area contributed by atoms with Crippen LogP contribution in [0.1, 0.15) is 24.8 Å². The smallest absolute Gasteiger partial charge is 0.422 e. The van der Waals surface area contributed by atoms with E-state index in [1.807, 2.05) is 0 Å². The molecule has 0 unspecified atom stereocenters. The number of Topliss-reactive ketones (excluding diaryl/α,β-unsaturated/α-hetero) is 1. The van der Waals surface area contributed by atoms with Gasteiger partial charge in [-0.05, 0) is 24.6 Å². The first-order chi connectivity index (χ1) is 12.0. The Balaban J connectivity index is 2.39. The minimum Gasteiger partial charge on any atom is -0.510 e. The molecule has 5 nitrogen and oxygen atoms in total. The van der Waals surface area contributed by atoms with Gasteiger partial charge in [0, 0.05) is 12.8 Å². The predicted octanol–water partition coefficient (Wildman–Crippen LogP) is 5.25.